The number of methoxy groups -OCH3 is 1. The van der Waals surface area contributed by atoms with Gasteiger partial charge in [0, 0.05) is 59.1 Å². The molecule has 0 saturated carbocycles. The number of anilines is 1. The molecule has 0 bridgehead atoms. The van der Waals surface area contributed by atoms with Gasteiger partial charge in [0.15, 0.2) is 0 Å². The molecule has 1 fully saturated rings. The summed E-state index contributed by atoms with van der Waals surface area (Å²) in [5.74, 6) is 0.809. The Labute approximate surface area is 189 Å². The minimum absolute atomic E-state index is 0.0290. The number of piperazine rings is 1. The van der Waals surface area contributed by atoms with E-state index in [9.17, 15) is 9.59 Å². The van der Waals surface area contributed by atoms with E-state index in [0.29, 0.717) is 39.3 Å². The average Bonchev–Trinajstić information content (AvgIpc) is 2.79. The molecule has 2 aromatic rings. The Morgan fingerprint density at radius 2 is 1.44 bits per heavy atom. The van der Waals surface area contributed by atoms with Crippen LogP contribution in [-0.2, 0) is 17.9 Å². The summed E-state index contributed by atoms with van der Waals surface area (Å²) in [5.41, 5.74) is 3.20. The number of nitrogens with zero attached hydrogens (tertiary/aromatic N) is 4. The van der Waals surface area contributed by atoms with Gasteiger partial charge in [0.25, 0.3) is 0 Å². The predicted octanol–water partition coefficient (Wildman–Crippen LogP) is 2.59. The second kappa shape index (κ2) is 10.9. The van der Waals surface area contributed by atoms with Crippen molar-refractivity contribution in [3.05, 3.63) is 59.7 Å². The molecule has 0 aliphatic carbocycles. The summed E-state index contributed by atoms with van der Waals surface area (Å²) in [6, 6.07) is 15.9. The smallest absolute Gasteiger partial charge is 0.407 e. The Morgan fingerprint density at radius 1 is 0.906 bits per heavy atom. The summed E-state index contributed by atoms with van der Waals surface area (Å²) in [4.78, 5) is 31.7. The first-order valence-corrected chi connectivity index (χ1v) is 10.7. The molecule has 0 unspecified atom stereocenters. The minimum atomic E-state index is -0.904. The number of benzene rings is 2. The van der Waals surface area contributed by atoms with Crippen LogP contribution in [0.5, 0.6) is 5.75 Å². The highest BCUT2D eigenvalue weighted by Gasteiger charge is 2.24. The maximum absolute atomic E-state index is 13.3. The van der Waals surface area contributed by atoms with Gasteiger partial charge in [0.1, 0.15) is 5.75 Å². The molecule has 1 aliphatic heterocycles. The van der Waals surface area contributed by atoms with E-state index in [4.69, 9.17) is 9.84 Å². The summed E-state index contributed by atoms with van der Waals surface area (Å²) in [5, 5.41) is 9.13. The Hall–Kier alpha value is -3.26. The van der Waals surface area contributed by atoms with Gasteiger partial charge in [0.05, 0.1) is 13.7 Å². The lowest BCUT2D eigenvalue weighted by atomic mass is 10.1. The zero-order valence-electron chi connectivity index (χ0n) is 19.0. The van der Waals surface area contributed by atoms with E-state index in [1.54, 1.807) is 7.11 Å². The highest BCUT2D eigenvalue weighted by atomic mass is 16.5. The molecule has 32 heavy (non-hydrogen) atoms. The van der Waals surface area contributed by atoms with Gasteiger partial charge in [-0.15, -0.1) is 0 Å². The lowest BCUT2D eigenvalue weighted by molar-refractivity contribution is -0.134. The number of hydrogen-bond donors (Lipinski definition) is 1. The molecular formula is C24H32N4O4. The minimum Gasteiger partial charge on any atom is -0.497 e. The largest absolute Gasteiger partial charge is 0.497 e. The molecule has 1 heterocycles. The van der Waals surface area contributed by atoms with Crippen molar-refractivity contribution in [2.75, 3.05) is 58.8 Å². The molecule has 0 spiro atoms. The SMILES string of the molecule is COc1ccc(CN(Cc2ccc(N(C)C)cc2)C(=O)CN2CCN(C(=O)O)CC2)cc1. The zero-order valence-corrected chi connectivity index (χ0v) is 19.0. The third kappa shape index (κ3) is 6.37. The van der Waals surface area contributed by atoms with Gasteiger partial charge in [-0.25, -0.2) is 4.79 Å². The maximum Gasteiger partial charge on any atom is 0.407 e. The lowest BCUT2D eigenvalue weighted by Gasteiger charge is -2.34. The van der Waals surface area contributed by atoms with Crippen LogP contribution >= 0.6 is 0 Å². The van der Waals surface area contributed by atoms with Crippen LogP contribution < -0.4 is 9.64 Å². The monoisotopic (exact) mass is 440 g/mol. The summed E-state index contributed by atoms with van der Waals surface area (Å²) < 4.78 is 5.24. The number of carboxylic acid groups (broad SMARTS) is 1. The first-order valence-electron chi connectivity index (χ1n) is 10.7. The van der Waals surface area contributed by atoms with E-state index in [-0.39, 0.29) is 12.5 Å². The number of amides is 2. The Balaban J connectivity index is 1.70. The predicted molar refractivity (Wildman–Crippen MR) is 124 cm³/mol. The summed E-state index contributed by atoms with van der Waals surface area (Å²) >= 11 is 0. The van der Waals surface area contributed by atoms with Crippen molar-refractivity contribution in [1.29, 1.82) is 0 Å². The molecular weight excluding hydrogens is 408 g/mol. The third-order valence-electron chi connectivity index (χ3n) is 5.71. The van der Waals surface area contributed by atoms with E-state index in [0.717, 1.165) is 22.6 Å². The van der Waals surface area contributed by atoms with Gasteiger partial charge in [0.2, 0.25) is 5.91 Å². The highest BCUT2D eigenvalue weighted by Crippen LogP contribution is 2.18. The van der Waals surface area contributed by atoms with Gasteiger partial charge >= 0.3 is 6.09 Å². The number of ether oxygens (including phenoxy) is 1. The van der Waals surface area contributed by atoms with Crippen molar-refractivity contribution in [3.8, 4) is 5.75 Å². The molecule has 0 atom stereocenters. The van der Waals surface area contributed by atoms with Crippen molar-refractivity contribution in [1.82, 2.24) is 14.7 Å². The van der Waals surface area contributed by atoms with Crippen LogP contribution in [-0.4, -0.2) is 85.7 Å². The third-order valence-corrected chi connectivity index (χ3v) is 5.71. The highest BCUT2D eigenvalue weighted by molar-refractivity contribution is 5.78. The molecule has 8 nitrogen and oxygen atoms in total. The molecule has 0 radical (unpaired) electrons. The Morgan fingerprint density at radius 3 is 1.91 bits per heavy atom. The fraction of sp³-hybridized carbons (Fsp3) is 0.417. The average molecular weight is 441 g/mol. The molecule has 8 heteroatoms. The van der Waals surface area contributed by atoms with Crippen molar-refractivity contribution < 1.29 is 19.4 Å². The van der Waals surface area contributed by atoms with E-state index >= 15 is 0 Å². The second-order valence-corrected chi connectivity index (χ2v) is 8.20. The van der Waals surface area contributed by atoms with Crippen LogP contribution in [0.1, 0.15) is 11.1 Å². The van der Waals surface area contributed by atoms with Gasteiger partial charge in [-0.2, -0.15) is 0 Å². The summed E-state index contributed by atoms with van der Waals surface area (Å²) in [6.07, 6.45) is -0.904. The first kappa shape index (κ1) is 23.4. The van der Waals surface area contributed by atoms with Crippen molar-refractivity contribution >= 4 is 17.7 Å². The molecule has 2 aromatic carbocycles. The van der Waals surface area contributed by atoms with Crippen LogP contribution in [0.4, 0.5) is 10.5 Å². The van der Waals surface area contributed by atoms with E-state index in [1.165, 1.54) is 4.90 Å². The van der Waals surface area contributed by atoms with E-state index < -0.39 is 6.09 Å². The molecule has 2 amide bonds. The van der Waals surface area contributed by atoms with Gasteiger partial charge in [-0.05, 0) is 35.4 Å². The van der Waals surface area contributed by atoms with Crippen molar-refractivity contribution in [3.63, 3.8) is 0 Å². The summed E-state index contributed by atoms with van der Waals surface area (Å²) in [6.45, 7) is 3.25. The molecule has 3 rings (SSSR count). The molecule has 1 aliphatic rings. The normalized spacial score (nSPS) is 14.2. The van der Waals surface area contributed by atoms with Crippen LogP contribution in [0.25, 0.3) is 0 Å². The topological polar surface area (TPSA) is 76.6 Å². The number of rotatable bonds is 8. The molecule has 0 aromatic heterocycles. The van der Waals surface area contributed by atoms with Gasteiger partial charge in [-0.3, -0.25) is 9.69 Å². The number of hydrogen-bond acceptors (Lipinski definition) is 5. The molecule has 172 valence electrons. The van der Waals surface area contributed by atoms with E-state index in [2.05, 4.69) is 24.3 Å². The van der Waals surface area contributed by atoms with Crippen LogP contribution in [0.3, 0.4) is 0 Å². The summed E-state index contributed by atoms with van der Waals surface area (Å²) in [7, 11) is 5.63. The fourth-order valence-corrected chi connectivity index (χ4v) is 3.69. The van der Waals surface area contributed by atoms with E-state index in [1.807, 2.05) is 53.1 Å². The second-order valence-electron chi connectivity index (χ2n) is 8.20. The lowest BCUT2D eigenvalue weighted by Crippen LogP contribution is -2.51. The van der Waals surface area contributed by atoms with Gasteiger partial charge in [-0.1, -0.05) is 24.3 Å². The van der Waals surface area contributed by atoms with Crippen LogP contribution in [0.15, 0.2) is 48.5 Å². The Bertz CT molecular complexity index is 891. The first-order chi connectivity index (χ1) is 15.4. The molecule has 1 saturated heterocycles. The standard InChI is InChI=1S/C24H32N4O4/c1-25(2)21-8-4-19(5-9-21)16-28(17-20-6-10-22(32-3)11-7-20)23(29)18-26-12-14-27(15-13-26)24(30)31/h4-11H,12-18H2,1-3H3,(H,30,31). The van der Waals surface area contributed by atoms with Crippen molar-refractivity contribution in [2.24, 2.45) is 0 Å². The van der Waals surface area contributed by atoms with Crippen molar-refractivity contribution in [2.45, 2.75) is 13.1 Å². The number of carbonyl (C=O) groups excluding carboxylic acids is 1. The Kier molecular flexibility index (Phi) is 7.94. The zero-order chi connectivity index (χ0) is 23.1. The van der Waals surface area contributed by atoms with Gasteiger partial charge < -0.3 is 24.5 Å². The maximum atomic E-state index is 13.3. The molecule has 1 N–H and O–H groups in total. The fourth-order valence-electron chi connectivity index (χ4n) is 3.69. The quantitative estimate of drug-likeness (QED) is 0.680. The number of carbonyl (C=O) groups is 2. The van der Waals surface area contributed by atoms with Crippen LogP contribution in [0.2, 0.25) is 0 Å². The van der Waals surface area contributed by atoms with Crippen LogP contribution in [0, 0.1) is 0 Å².